The molecule has 0 radical (unpaired) electrons. The van der Waals surface area contributed by atoms with E-state index >= 15 is 0 Å². The molecule has 2 aromatic rings. The first-order valence-corrected chi connectivity index (χ1v) is 5.94. The molecule has 0 unspecified atom stereocenters. The molecule has 1 aromatic heterocycles. The summed E-state index contributed by atoms with van der Waals surface area (Å²) in [7, 11) is 1.39. The maximum atomic E-state index is 11.1. The normalized spacial score (nSPS) is 10.3. The number of carboxylic acid groups (broad SMARTS) is 1. The molecule has 1 heterocycles. The molecule has 0 bridgehead atoms. The van der Waals surface area contributed by atoms with Gasteiger partial charge in [-0.1, -0.05) is 23.7 Å². The molecular formula is C14H12ClNO3. The van der Waals surface area contributed by atoms with Gasteiger partial charge in [0.25, 0.3) is 0 Å². The van der Waals surface area contributed by atoms with Crippen molar-refractivity contribution in [1.82, 2.24) is 4.98 Å². The first-order chi connectivity index (χ1) is 9.02. The van der Waals surface area contributed by atoms with Crippen LogP contribution in [0.5, 0.6) is 5.88 Å². The van der Waals surface area contributed by atoms with Gasteiger partial charge in [0.2, 0.25) is 5.88 Å². The highest BCUT2D eigenvalue weighted by Gasteiger charge is 2.14. The second-order valence-corrected chi connectivity index (χ2v) is 4.46. The molecule has 0 fully saturated rings. The van der Waals surface area contributed by atoms with Crippen LogP contribution in [0.3, 0.4) is 0 Å². The van der Waals surface area contributed by atoms with Crippen molar-refractivity contribution < 1.29 is 14.6 Å². The number of nitrogens with zero attached hydrogens (tertiary/aromatic N) is 1. The van der Waals surface area contributed by atoms with Crippen LogP contribution in [0, 0.1) is 6.92 Å². The molecule has 1 aromatic carbocycles. The van der Waals surface area contributed by atoms with Gasteiger partial charge in [0, 0.05) is 16.8 Å². The summed E-state index contributed by atoms with van der Waals surface area (Å²) in [5, 5.41) is 9.75. The lowest BCUT2D eigenvalue weighted by Gasteiger charge is -2.08. The van der Waals surface area contributed by atoms with Crippen LogP contribution < -0.4 is 4.74 Å². The van der Waals surface area contributed by atoms with Crippen LogP contribution in [0.25, 0.3) is 11.1 Å². The fourth-order valence-electron chi connectivity index (χ4n) is 1.70. The van der Waals surface area contributed by atoms with Crippen molar-refractivity contribution in [3.05, 3.63) is 46.6 Å². The van der Waals surface area contributed by atoms with Gasteiger partial charge in [-0.2, -0.15) is 0 Å². The molecule has 0 aliphatic heterocycles. The summed E-state index contributed by atoms with van der Waals surface area (Å²) in [5.74, 6) is -0.987. The van der Waals surface area contributed by atoms with E-state index in [4.69, 9.17) is 21.4 Å². The quantitative estimate of drug-likeness (QED) is 0.934. The Kier molecular flexibility index (Phi) is 3.71. The van der Waals surface area contributed by atoms with Gasteiger partial charge in [0.1, 0.15) is 5.56 Å². The van der Waals surface area contributed by atoms with Gasteiger partial charge in [-0.05, 0) is 30.2 Å². The maximum absolute atomic E-state index is 11.1. The Morgan fingerprint density at radius 3 is 2.63 bits per heavy atom. The van der Waals surface area contributed by atoms with Gasteiger partial charge in [0.05, 0.1) is 7.11 Å². The average molecular weight is 278 g/mol. The molecule has 0 spiro atoms. The lowest BCUT2D eigenvalue weighted by atomic mass is 10.0. The highest BCUT2D eigenvalue weighted by molar-refractivity contribution is 6.31. The van der Waals surface area contributed by atoms with Crippen LogP contribution in [0.4, 0.5) is 0 Å². The van der Waals surface area contributed by atoms with E-state index in [-0.39, 0.29) is 11.4 Å². The number of rotatable bonds is 3. The van der Waals surface area contributed by atoms with Gasteiger partial charge >= 0.3 is 5.97 Å². The van der Waals surface area contributed by atoms with E-state index in [2.05, 4.69) is 4.98 Å². The molecule has 0 aliphatic carbocycles. The molecule has 0 aliphatic rings. The molecule has 1 N–H and O–H groups in total. The Hall–Kier alpha value is -2.07. The van der Waals surface area contributed by atoms with E-state index in [0.29, 0.717) is 10.6 Å². The van der Waals surface area contributed by atoms with E-state index in [9.17, 15) is 4.79 Å². The van der Waals surface area contributed by atoms with E-state index in [1.807, 2.05) is 19.1 Å². The predicted octanol–water partition coefficient (Wildman–Crippen LogP) is 3.42. The third-order valence-electron chi connectivity index (χ3n) is 2.78. The molecular weight excluding hydrogens is 266 g/mol. The van der Waals surface area contributed by atoms with Crippen LogP contribution in [-0.2, 0) is 0 Å². The molecule has 2 rings (SSSR count). The number of hydrogen-bond donors (Lipinski definition) is 1. The Bertz CT molecular complexity index is 641. The second-order valence-electron chi connectivity index (χ2n) is 4.05. The number of ether oxygens (including phenoxy) is 1. The first kappa shape index (κ1) is 13.4. The summed E-state index contributed by atoms with van der Waals surface area (Å²) in [4.78, 5) is 15.1. The topological polar surface area (TPSA) is 59.4 Å². The van der Waals surface area contributed by atoms with Gasteiger partial charge in [-0.15, -0.1) is 0 Å². The minimum absolute atomic E-state index is 0.0247. The van der Waals surface area contributed by atoms with Crippen LogP contribution in [0.15, 0.2) is 30.5 Å². The molecule has 0 saturated heterocycles. The third-order valence-corrected chi connectivity index (χ3v) is 3.19. The number of carboxylic acids is 1. The Morgan fingerprint density at radius 1 is 1.32 bits per heavy atom. The largest absolute Gasteiger partial charge is 0.480 e. The number of benzene rings is 1. The smallest absolute Gasteiger partial charge is 0.341 e. The second kappa shape index (κ2) is 5.28. The summed E-state index contributed by atoms with van der Waals surface area (Å²) in [6.07, 6.45) is 1.56. The monoisotopic (exact) mass is 277 g/mol. The summed E-state index contributed by atoms with van der Waals surface area (Å²) in [5.41, 5.74) is 2.48. The van der Waals surface area contributed by atoms with E-state index in [1.54, 1.807) is 12.3 Å². The molecule has 0 amide bonds. The molecule has 4 nitrogen and oxygen atoms in total. The maximum Gasteiger partial charge on any atom is 0.341 e. The van der Waals surface area contributed by atoms with Crippen LogP contribution in [0.2, 0.25) is 5.02 Å². The lowest BCUT2D eigenvalue weighted by Crippen LogP contribution is -2.02. The number of aromatic nitrogens is 1. The van der Waals surface area contributed by atoms with Crippen LogP contribution in [-0.4, -0.2) is 23.2 Å². The highest BCUT2D eigenvalue weighted by atomic mass is 35.5. The summed E-state index contributed by atoms with van der Waals surface area (Å²) in [6.45, 7) is 1.90. The van der Waals surface area contributed by atoms with Gasteiger partial charge in [-0.3, -0.25) is 0 Å². The fourth-order valence-corrected chi connectivity index (χ4v) is 1.88. The minimum Gasteiger partial charge on any atom is -0.480 e. The first-order valence-electron chi connectivity index (χ1n) is 5.56. The summed E-state index contributed by atoms with van der Waals surface area (Å²) >= 11 is 6.06. The van der Waals surface area contributed by atoms with Gasteiger partial charge in [0.15, 0.2) is 0 Å². The van der Waals surface area contributed by atoms with Crippen molar-refractivity contribution in [1.29, 1.82) is 0 Å². The van der Waals surface area contributed by atoms with Crippen molar-refractivity contribution in [3.8, 4) is 17.0 Å². The van der Waals surface area contributed by atoms with Gasteiger partial charge < -0.3 is 9.84 Å². The fraction of sp³-hybridized carbons (Fsp3) is 0.143. The van der Waals surface area contributed by atoms with Gasteiger partial charge in [-0.25, -0.2) is 9.78 Å². The molecule has 19 heavy (non-hydrogen) atoms. The van der Waals surface area contributed by atoms with Crippen molar-refractivity contribution in [2.45, 2.75) is 6.92 Å². The predicted molar refractivity (Wildman–Crippen MR) is 72.9 cm³/mol. The number of hydrogen-bond acceptors (Lipinski definition) is 3. The third kappa shape index (κ3) is 2.69. The van der Waals surface area contributed by atoms with Crippen molar-refractivity contribution in [3.63, 3.8) is 0 Å². The van der Waals surface area contributed by atoms with E-state index in [0.717, 1.165) is 11.1 Å². The SMILES string of the molecule is COc1ncc(-c2ccc(C)c(Cl)c2)cc1C(=O)O. The summed E-state index contributed by atoms with van der Waals surface area (Å²) in [6, 6.07) is 7.06. The Labute approximate surface area is 115 Å². The van der Waals surface area contributed by atoms with E-state index in [1.165, 1.54) is 13.2 Å². The number of methoxy groups -OCH3 is 1. The van der Waals surface area contributed by atoms with E-state index < -0.39 is 5.97 Å². The summed E-state index contributed by atoms with van der Waals surface area (Å²) < 4.78 is 4.92. The molecule has 5 heteroatoms. The lowest BCUT2D eigenvalue weighted by molar-refractivity contribution is 0.0692. The van der Waals surface area contributed by atoms with Crippen molar-refractivity contribution >= 4 is 17.6 Å². The van der Waals surface area contributed by atoms with Crippen molar-refractivity contribution in [2.75, 3.05) is 7.11 Å². The Morgan fingerprint density at radius 2 is 2.05 bits per heavy atom. The number of aromatic carboxylic acids is 1. The average Bonchev–Trinajstić information content (AvgIpc) is 2.41. The zero-order chi connectivity index (χ0) is 14.0. The Balaban J connectivity index is 2.53. The van der Waals surface area contributed by atoms with Crippen LogP contribution >= 0.6 is 11.6 Å². The minimum atomic E-state index is -1.08. The highest BCUT2D eigenvalue weighted by Crippen LogP contribution is 2.27. The molecule has 0 atom stereocenters. The number of aryl methyl sites for hydroxylation is 1. The number of halogens is 1. The number of carbonyl (C=O) groups is 1. The van der Waals surface area contributed by atoms with Crippen LogP contribution in [0.1, 0.15) is 15.9 Å². The molecule has 0 saturated carbocycles. The zero-order valence-corrected chi connectivity index (χ0v) is 11.2. The molecule has 98 valence electrons. The van der Waals surface area contributed by atoms with Crippen molar-refractivity contribution in [2.24, 2.45) is 0 Å². The zero-order valence-electron chi connectivity index (χ0n) is 10.5. The number of pyridine rings is 1. The standard InChI is InChI=1S/C14H12ClNO3/c1-8-3-4-9(6-12(8)15)10-5-11(14(17)18)13(19-2)16-7-10/h3-7H,1-2H3,(H,17,18).